The molecule has 54 heavy (non-hydrogen) atoms. The zero-order valence-corrected chi connectivity index (χ0v) is 31.2. The number of anilines is 2. The SMILES string of the molecule is COc1cc2nn(C3CCN(CCCC4CCN(C(=O)c5ccc(OC)c(N6CCC(=O)NC6=O)c5)CC4)CC3)cc2cc1NC(=O)c1cccc(C)n1. The van der Waals surface area contributed by atoms with Crippen LogP contribution >= 0.6 is 0 Å². The van der Waals surface area contributed by atoms with Crippen LogP contribution < -0.4 is 25.0 Å². The fraction of sp³-hybridized carbons (Fsp3) is 0.450. The van der Waals surface area contributed by atoms with Crippen molar-refractivity contribution in [3.63, 3.8) is 0 Å². The molecule has 2 N–H and O–H groups in total. The molecule has 0 spiro atoms. The first kappa shape index (κ1) is 36.8. The molecule has 3 fully saturated rings. The van der Waals surface area contributed by atoms with Crippen LogP contribution in [0.2, 0.25) is 0 Å². The molecule has 2 aromatic heterocycles. The van der Waals surface area contributed by atoms with Gasteiger partial charge >= 0.3 is 6.03 Å². The maximum Gasteiger partial charge on any atom is 0.328 e. The van der Waals surface area contributed by atoms with Crippen molar-refractivity contribution in [2.75, 3.05) is 63.7 Å². The third-order valence-corrected chi connectivity index (χ3v) is 10.9. The Morgan fingerprint density at radius 3 is 2.43 bits per heavy atom. The summed E-state index contributed by atoms with van der Waals surface area (Å²) in [5, 5.41) is 11.1. The van der Waals surface area contributed by atoms with Crippen molar-refractivity contribution >= 4 is 46.0 Å². The fourth-order valence-electron chi connectivity index (χ4n) is 7.83. The normalized spacial score (nSPS) is 17.5. The van der Waals surface area contributed by atoms with Crippen molar-refractivity contribution in [3.8, 4) is 11.5 Å². The van der Waals surface area contributed by atoms with E-state index in [1.165, 1.54) is 12.0 Å². The first-order valence-corrected chi connectivity index (χ1v) is 18.8. The fourth-order valence-corrected chi connectivity index (χ4v) is 7.83. The van der Waals surface area contributed by atoms with Gasteiger partial charge < -0.3 is 24.6 Å². The zero-order valence-electron chi connectivity index (χ0n) is 31.2. The number of amides is 5. The quantitative estimate of drug-likeness (QED) is 0.206. The van der Waals surface area contributed by atoms with E-state index in [4.69, 9.17) is 14.6 Å². The summed E-state index contributed by atoms with van der Waals surface area (Å²) in [6.45, 7) is 6.59. The molecule has 3 aliphatic rings. The van der Waals surface area contributed by atoms with Crippen LogP contribution in [0.1, 0.15) is 77.5 Å². The molecule has 3 saturated heterocycles. The maximum absolute atomic E-state index is 13.5. The number of fused-ring (bicyclic) bond motifs is 1. The molecule has 7 rings (SSSR count). The lowest BCUT2D eigenvalue weighted by Crippen LogP contribution is -2.49. The van der Waals surface area contributed by atoms with Crippen LogP contribution in [0.5, 0.6) is 11.5 Å². The van der Waals surface area contributed by atoms with Crippen LogP contribution in [0.3, 0.4) is 0 Å². The summed E-state index contributed by atoms with van der Waals surface area (Å²) in [5.74, 6) is 0.962. The Balaban J connectivity index is 0.862. The molecule has 14 nitrogen and oxygen atoms in total. The van der Waals surface area contributed by atoms with Crippen molar-refractivity contribution in [1.29, 1.82) is 0 Å². The van der Waals surface area contributed by atoms with E-state index in [-0.39, 0.29) is 30.7 Å². The number of rotatable bonds is 11. The van der Waals surface area contributed by atoms with E-state index in [1.807, 2.05) is 36.1 Å². The number of urea groups is 1. The van der Waals surface area contributed by atoms with Gasteiger partial charge in [0, 0.05) is 68.1 Å². The lowest BCUT2D eigenvalue weighted by Gasteiger charge is -2.34. The third kappa shape index (κ3) is 8.18. The molecule has 3 aliphatic heterocycles. The van der Waals surface area contributed by atoms with Gasteiger partial charge in [-0.25, -0.2) is 9.78 Å². The molecule has 284 valence electrons. The third-order valence-electron chi connectivity index (χ3n) is 10.9. The van der Waals surface area contributed by atoms with Crippen molar-refractivity contribution in [3.05, 3.63) is 71.7 Å². The van der Waals surface area contributed by atoms with Gasteiger partial charge in [0.1, 0.15) is 17.2 Å². The number of hydrogen-bond donors (Lipinski definition) is 2. The molecule has 0 atom stereocenters. The van der Waals surface area contributed by atoms with E-state index in [2.05, 4.69) is 31.4 Å². The largest absolute Gasteiger partial charge is 0.495 e. The van der Waals surface area contributed by atoms with Crippen molar-refractivity contribution in [2.24, 2.45) is 5.92 Å². The Labute approximate surface area is 314 Å². The van der Waals surface area contributed by atoms with Gasteiger partial charge in [-0.3, -0.25) is 29.3 Å². The summed E-state index contributed by atoms with van der Waals surface area (Å²) in [5.41, 5.74) is 3.53. The van der Waals surface area contributed by atoms with Gasteiger partial charge in [0.25, 0.3) is 11.8 Å². The molecule has 14 heteroatoms. The minimum absolute atomic E-state index is 0.0548. The molecule has 0 saturated carbocycles. The number of hydrogen-bond acceptors (Lipinski definition) is 9. The highest BCUT2D eigenvalue weighted by molar-refractivity contribution is 6.07. The molecular formula is C40H48N8O6. The van der Waals surface area contributed by atoms with Crippen LogP contribution in [0.15, 0.2) is 54.7 Å². The number of pyridine rings is 1. The minimum Gasteiger partial charge on any atom is -0.495 e. The van der Waals surface area contributed by atoms with E-state index < -0.39 is 6.03 Å². The molecule has 0 aliphatic carbocycles. The number of carbonyl (C=O) groups is 4. The number of aromatic nitrogens is 3. The smallest absolute Gasteiger partial charge is 0.328 e. The first-order chi connectivity index (χ1) is 26.2. The van der Waals surface area contributed by atoms with Crippen LogP contribution in [-0.2, 0) is 4.79 Å². The van der Waals surface area contributed by atoms with Gasteiger partial charge in [-0.05, 0) is 94.3 Å². The Bertz CT molecular complexity index is 2030. The molecular weight excluding hydrogens is 688 g/mol. The lowest BCUT2D eigenvalue weighted by molar-refractivity contribution is -0.120. The number of nitrogens with zero attached hydrogens (tertiary/aromatic N) is 6. The van der Waals surface area contributed by atoms with E-state index in [0.29, 0.717) is 59.2 Å². The summed E-state index contributed by atoms with van der Waals surface area (Å²) < 4.78 is 13.1. The number of nitrogens with one attached hydrogen (secondary N) is 2. The summed E-state index contributed by atoms with van der Waals surface area (Å²) in [7, 11) is 3.11. The van der Waals surface area contributed by atoms with Crippen molar-refractivity contribution < 1.29 is 28.7 Å². The summed E-state index contributed by atoms with van der Waals surface area (Å²) in [6.07, 6.45) is 8.50. The average molecular weight is 737 g/mol. The van der Waals surface area contributed by atoms with Crippen LogP contribution in [-0.4, -0.2) is 102 Å². The second kappa shape index (κ2) is 16.3. The maximum atomic E-state index is 13.5. The Hall–Kier alpha value is -5.50. The minimum atomic E-state index is -0.511. The van der Waals surface area contributed by atoms with Gasteiger partial charge in [-0.15, -0.1) is 0 Å². The summed E-state index contributed by atoms with van der Waals surface area (Å²) >= 11 is 0. The highest BCUT2D eigenvalue weighted by atomic mass is 16.5. The molecule has 0 radical (unpaired) electrons. The molecule has 5 amide bonds. The second-order valence-electron chi connectivity index (χ2n) is 14.4. The molecule has 4 aromatic rings. The predicted molar refractivity (Wildman–Crippen MR) is 204 cm³/mol. The number of aryl methyl sites for hydroxylation is 1. The monoisotopic (exact) mass is 736 g/mol. The number of likely N-dealkylation sites (tertiary alicyclic amines) is 2. The van der Waals surface area contributed by atoms with Gasteiger partial charge in [0.2, 0.25) is 5.91 Å². The second-order valence-corrected chi connectivity index (χ2v) is 14.4. The summed E-state index contributed by atoms with van der Waals surface area (Å²) in [4.78, 5) is 60.8. The number of piperidine rings is 2. The standard InChI is InChI=1S/C40H48N8O6/c1-26-6-4-8-31(41-26)38(50)42-33-22-29-25-48(44-32(29)24-36(33)54-3)30-13-17-45(18-14-30)16-5-7-27-11-19-46(20-12-27)39(51)28-9-10-35(53-2)34(23-28)47-21-15-37(49)43-40(47)52/h4,6,8-10,22-25,27,30H,5,7,11-21H2,1-3H3,(H,42,50)(H,43,49,52). The molecule has 0 unspecified atom stereocenters. The average Bonchev–Trinajstić information content (AvgIpc) is 3.60. The van der Waals surface area contributed by atoms with Gasteiger partial charge in [-0.1, -0.05) is 6.07 Å². The first-order valence-electron chi connectivity index (χ1n) is 18.8. The number of benzene rings is 2. The highest BCUT2D eigenvalue weighted by Crippen LogP contribution is 2.34. The topological polar surface area (TPSA) is 151 Å². The Morgan fingerprint density at radius 2 is 1.70 bits per heavy atom. The van der Waals surface area contributed by atoms with E-state index in [1.54, 1.807) is 31.4 Å². The van der Waals surface area contributed by atoms with E-state index >= 15 is 0 Å². The van der Waals surface area contributed by atoms with Gasteiger partial charge in [0.15, 0.2) is 0 Å². The highest BCUT2D eigenvalue weighted by Gasteiger charge is 2.29. The number of imide groups is 1. The lowest BCUT2D eigenvalue weighted by atomic mass is 9.91. The number of carbonyl (C=O) groups excluding carboxylic acids is 4. The number of methoxy groups -OCH3 is 2. The van der Waals surface area contributed by atoms with E-state index in [9.17, 15) is 19.2 Å². The molecule has 5 heterocycles. The number of ether oxygens (including phenoxy) is 2. The van der Waals surface area contributed by atoms with E-state index in [0.717, 1.165) is 74.8 Å². The zero-order chi connectivity index (χ0) is 37.8. The van der Waals surface area contributed by atoms with Crippen LogP contribution in [0.25, 0.3) is 10.9 Å². The molecule has 2 aromatic carbocycles. The summed E-state index contributed by atoms with van der Waals surface area (Å²) in [6, 6.07) is 14.1. The Morgan fingerprint density at radius 1 is 0.926 bits per heavy atom. The van der Waals surface area contributed by atoms with Crippen molar-refractivity contribution in [2.45, 2.75) is 57.9 Å². The molecule has 0 bridgehead atoms. The predicted octanol–water partition coefficient (Wildman–Crippen LogP) is 5.43. The van der Waals surface area contributed by atoms with Crippen LogP contribution in [0, 0.1) is 12.8 Å². The Kier molecular flexibility index (Phi) is 11.1. The van der Waals surface area contributed by atoms with Gasteiger partial charge in [-0.2, -0.15) is 5.10 Å². The van der Waals surface area contributed by atoms with Crippen molar-refractivity contribution in [1.82, 2.24) is 29.9 Å². The van der Waals surface area contributed by atoms with Gasteiger partial charge in [0.05, 0.1) is 37.2 Å². The van der Waals surface area contributed by atoms with Crippen LogP contribution in [0.4, 0.5) is 16.2 Å².